The Balaban J connectivity index is 2.14. The van der Waals surface area contributed by atoms with Gasteiger partial charge in [-0.25, -0.2) is 4.79 Å². The predicted octanol–water partition coefficient (Wildman–Crippen LogP) is 3.65. The van der Waals surface area contributed by atoms with Crippen LogP contribution in [0.4, 0.5) is 11.5 Å². The van der Waals surface area contributed by atoms with Crippen molar-refractivity contribution >= 4 is 17.4 Å². The summed E-state index contributed by atoms with van der Waals surface area (Å²) in [5.74, 6) is -0.672. The fourth-order valence-corrected chi connectivity index (χ4v) is 3.84. The molecule has 3 rings (SSSR count). The highest BCUT2D eigenvalue weighted by Crippen LogP contribution is 2.28. The third kappa shape index (κ3) is 4.99. The van der Waals surface area contributed by atoms with E-state index in [1.165, 1.54) is 9.47 Å². The molecule has 1 aromatic heterocycles. The second-order valence-electron chi connectivity index (χ2n) is 7.78. The topological polar surface area (TPSA) is 101 Å². The van der Waals surface area contributed by atoms with Gasteiger partial charge in [-0.05, 0) is 24.0 Å². The standard InChI is InChI=1S/C25H30N4O3/c1-3-5-16-28-22(26)21(23(30)27-25(28)32)29(17-18-12-8-6-9-13-18)24(31)20(4-2)19-14-10-7-11-15-19/h6-15,20H,3-5,16-17,26H2,1-2H3,(H,27,30,32). The highest BCUT2D eigenvalue weighted by Gasteiger charge is 2.30. The highest BCUT2D eigenvalue weighted by molar-refractivity contribution is 5.99. The molecule has 0 aliphatic rings. The summed E-state index contributed by atoms with van der Waals surface area (Å²) >= 11 is 0. The number of aromatic nitrogens is 2. The second-order valence-corrected chi connectivity index (χ2v) is 7.78. The number of nitrogens with zero attached hydrogens (tertiary/aromatic N) is 2. The summed E-state index contributed by atoms with van der Waals surface area (Å²) in [6.07, 6.45) is 2.14. The molecule has 0 aliphatic carbocycles. The molecule has 2 aromatic carbocycles. The van der Waals surface area contributed by atoms with E-state index in [0.29, 0.717) is 13.0 Å². The molecular weight excluding hydrogens is 404 g/mol. The van der Waals surface area contributed by atoms with Crippen LogP contribution in [0.3, 0.4) is 0 Å². The summed E-state index contributed by atoms with van der Waals surface area (Å²) in [7, 11) is 0. The quantitative estimate of drug-likeness (QED) is 0.537. The van der Waals surface area contributed by atoms with E-state index in [4.69, 9.17) is 5.73 Å². The van der Waals surface area contributed by atoms with E-state index in [-0.39, 0.29) is 24.0 Å². The Hall–Kier alpha value is -3.61. The third-order valence-corrected chi connectivity index (χ3v) is 5.58. The van der Waals surface area contributed by atoms with Crippen LogP contribution in [0.2, 0.25) is 0 Å². The summed E-state index contributed by atoms with van der Waals surface area (Å²) in [5.41, 5.74) is 6.87. The zero-order valence-electron chi connectivity index (χ0n) is 18.6. The number of aromatic amines is 1. The number of nitrogens with two attached hydrogens (primary N) is 1. The van der Waals surface area contributed by atoms with E-state index in [9.17, 15) is 14.4 Å². The van der Waals surface area contributed by atoms with Crippen molar-refractivity contribution in [3.05, 3.63) is 92.6 Å². The van der Waals surface area contributed by atoms with Crippen LogP contribution in [0, 0.1) is 0 Å². The number of nitrogen functional groups attached to an aromatic ring is 1. The molecule has 0 radical (unpaired) electrons. The summed E-state index contributed by atoms with van der Waals surface area (Å²) in [6.45, 7) is 4.48. The molecule has 168 valence electrons. The van der Waals surface area contributed by atoms with Crippen molar-refractivity contribution in [1.82, 2.24) is 9.55 Å². The van der Waals surface area contributed by atoms with Gasteiger partial charge in [0.15, 0.2) is 5.69 Å². The number of hydrogen-bond acceptors (Lipinski definition) is 4. The van der Waals surface area contributed by atoms with Gasteiger partial charge in [0.2, 0.25) is 5.91 Å². The highest BCUT2D eigenvalue weighted by atomic mass is 16.2. The minimum absolute atomic E-state index is 0.0133. The van der Waals surface area contributed by atoms with Gasteiger partial charge in [0, 0.05) is 6.54 Å². The molecular formula is C25H30N4O3. The van der Waals surface area contributed by atoms with E-state index in [0.717, 1.165) is 24.0 Å². The number of rotatable bonds is 9. The fourth-order valence-electron chi connectivity index (χ4n) is 3.84. The van der Waals surface area contributed by atoms with E-state index < -0.39 is 17.2 Å². The minimum Gasteiger partial charge on any atom is -0.383 e. The van der Waals surface area contributed by atoms with Gasteiger partial charge < -0.3 is 5.73 Å². The molecule has 0 spiro atoms. The zero-order valence-corrected chi connectivity index (χ0v) is 18.6. The maximum Gasteiger partial charge on any atom is 0.330 e. The van der Waals surface area contributed by atoms with Gasteiger partial charge in [0.25, 0.3) is 5.56 Å². The largest absolute Gasteiger partial charge is 0.383 e. The number of carbonyl (C=O) groups is 1. The molecule has 3 N–H and O–H groups in total. The molecule has 3 aromatic rings. The Labute approximate surface area is 187 Å². The predicted molar refractivity (Wildman–Crippen MR) is 128 cm³/mol. The fraction of sp³-hybridized carbons (Fsp3) is 0.320. The van der Waals surface area contributed by atoms with E-state index >= 15 is 0 Å². The molecule has 1 atom stereocenters. The normalized spacial score (nSPS) is 11.8. The monoisotopic (exact) mass is 434 g/mol. The van der Waals surface area contributed by atoms with Gasteiger partial charge >= 0.3 is 5.69 Å². The van der Waals surface area contributed by atoms with Crippen molar-refractivity contribution in [3.8, 4) is 0 Å². The number of amides is 1. The summed E-state index contributed by atoms with van der Waals surface area (Å²) < 4.78 is 1.34. The van der Waals surface area contributed by atoms with Gasteiger partial charge in [0.1, 0.15) is 5.82 Å². The maximum atomic E-state index is 13.8. The number of nitrogens with one attached hydrogen (secondary N) is 1. The SMILES string of the molecule is CCCCn1c(N)c(N(Cc2ccccc2)C(=O)C(CC)c2ccccc2)c(=O)[nH]c1=O. The van der Waals surface area contributed by atoms with E-state index in [2.05, 4.69) is 4.98 Å². The van der Waals surface area contributed by atoms with Crippen LogP contribution in [-0.4, -0.2) is 15.5 Å². The molecule has 0 bridgehead atoms. The summed E-state index contributed by atoms with van der Waals surface area (Å²) in [4.78, 5) is 42.9. The Bertz CT molecular complexity index is 1150. The molecule has 7 nitrogen and oxygen atoms in total. The lowest BCUT2D eigenvalue weighted by Gasteiger charge is -2.28. The van der Waals surface area contributed by atoms with Crippen LogP contribution in [-0.2, 0) is 17.9 Å². The summed E-state index contributed by atoms with van der Waals surface area (Å²) in [5, 5.41) is 0. The van der Waals surface area contributed by atoms with Gasteiger partial charge in [-0.3, -0.25) is 24.0 Å². The lowest BCUT2D eigenvalue weighted by atomic mass is 9.94. The lowest BCUT2D eigenvalue weighted by molar-refractivity contribution is -0.120. The molecule has 0 saturated heterocycles. The maximum absolute atomic E-state index is 13.8. The van der Waals surface area contributed by atoms with Crippen LogP contribution < -0.4 is 21.9 Å². The second kappa shape index (κ2) is 10.6. The van der Waals surface area contributed by atoms with Crippen molar-refractivity contribution in [2.75, 3.05) is 10.6 Å². The average molecular weight is 435 g/mol. The number of unbranched alkanes of at least 4 members (excludes halogenated alkanes) is 1. The van der Waals surface area contributed by atoms with E-state index in [1.807, 2.05) is 74.5 Å². The van der Waals surface area contributed by atoms with Gasteiger partial charge in [-0.2, -0.15) is 0 Å². The third-order valence-electron chi connectivity index (χ3n) is 5.58. The van der Waals surface area contributed by atoms with Crippen molar-refractivity contribution in [2.45, 2.75) is 52.1 Å². The number of H-pyrrole nitrogens is 1. The first-order valence-electron chi connectivity index (χ1n) is 11.0. The first-order chi connectivity index (χ1) is 15.5. The molecule has 1 amide bonds. The van der Waals surface area contributed by atoms with Crippen LogP contribution in [0.15, 0.2) is 70.3 Å². The molecule has 0 saturated carbocycles. The Morgan fingerprint density at radius 1 is 1.03 bits per heavy atom. The zero-order chi connectivity index (χ0) is 23.1. The molecule has 32 heavy (non-hydrogen) atoms. The number of carbonyl (C=O) groups excluding carboxylic acids is 1. The Morgan fingerprint density at radius 2 is 1.66 bits per heavy atom. The minimum atomic E-state index is -0.660. The van der Waals surface area contributed by atoms with Gasteiger partial charge in [-0.1, -0.05) is 80.9 Å². The number of anilines is 2. The van der Waals surface area contributed by atoms with Crippen LogP contribution in [0.1, 0.15) is 50.2 Å². The molecule has 1 heterocycles. The van der Waals surface area contributed by atoms with Gasteiger partial charge in [0.05, 0.1) is 12.5 Å². The first-order valence-corrected chi connectivity index (χ1v) is 11.0. The lowest BCUT2D eigenvalue weighted by Crippen LogP contribution is -2.42. The molecule has 1 unspecified atom stereocenters. The van der Waals surface area contributed by atoms with Crippen molar-refractivity contribution in [3.63, 3.8) is 0 Å². The Morgan fingerprint density at radius 3 is 2.25 bits per heavy atom. The van der Waals surface area contributed by atoms with Crippen molar-refractivity contribution in [1.29, 1.82) is 0 Å². The first kappa shape index (κ1) is 23.1. The average Bonchev–Trinajstić information content (AvgIpc) is 2.80. The molecule has 0 aliphatic heterocycles. The molecule has 7 heteroatoms. The van der Waals surface area contributed by atoms with Crippen molar-refractivity contribution < 1.29 is 4.79 Å². The number of benzene rings is 2. The van der Waals surface area contributed by atoms with Crippen molar-refractivity contribution in [2.24, 2.45) is 0 Å². The van der Waals surface area contributed by atoms with E-state index in [1.54, 1.807) is 0 Å². The Kier molecular flexibility index (Phi) is 7.65. The van der Waals surface area contributed by atoms with Gasteiger partial charge in [-0.15, -0.1) is 0 Å². The smallest absolute Gasteiger partial charge is 0.330 e. The van der Waals surface area contributed by atoms with Crippen LogP contribution in [0.25, 0.3) is 0 Å². The molecule has 0 fully saturated rings. The van der Waals surface area contributed by atoms with Crippen LogP contribution >= 0.6 is 0 Å². The summed E-state index contributed by atoms with van der Waals surface area (Å²) in [6, 6.07) is 18.9. The van der Waals surface area contributed by atoms with Crippen LogP contribution in [0.5, 0.6) is 0 Å². The number of hydrogen-bond donors (Lipinski definition) is 2.